The SMILES string of the molecule is COc1ccc(CN(c2cc[n+](Cc3ccccc3)cc2)S(=O)(=O)c2cc(OC)ccc2OC)cc1. The summed E-state index contributed by atoms with van der Waals surface area (Å²) in [5, 5.41) is 0. The number of anilines is 1. The van der Waals surface area contributed by atoms with Crippen LogP contribution in [0.15, 0.2) is 102 Å². The summed E-state index contributed by atoms with van der Waals surface area (Å²) in [6, 6.07) is 25.7. The zero-order valence-corrected chi connectivity index (χ0v) is 21.3. The Morgan fingerprint density at radius 3 is 1.97 bits per heavy atom. The Balaban J connectivity index is 1.74. The molecule has 0 saturated carbocycles. The van der Waals surface area contributed by atoms with Gasteiger partial charge in [-0.2, -0.15) is 0 Å². The Hall–Kier alpha value is -4.04. The summed E-state index contributed by atoms with van der Waals surface area (Å²) >= 11 is 0. The van der Waals surface area contributed by atoms with E-state index in [1.54, 1.807) is 31.4 Å². The van der Waals surface area contributed by atoms with Gasteiger partial charge in [-0.1, -0.05) is 42.5 Å². The number of hydrogen-bond donors (Lipinski definition) is 0. The molecule has 4 aromatic rings. The number of rotatable bonds is 10. The fourth-order valence-corrected chi connectivity index (χ4v) is 5.46. The Labute approximate surface area is 212 Å². The third-order valence-corrected chi connectivity index (χ3v) is 7.59. The molecule has 36 heavy (non-hydrogen) atoms. The van der Waals surface area contributed by atoms with Crippen molar-refractivity contribution in [1.82, 2.24) is 0 Å². The molecule has 186 valence electrons. The number of nitrogens with zero attached hydrogens (tertiary/aromatic N) is 2. The largest absolute Gasteiger partial charge is 0.497 e. The van der Waals surface area contributed by atoms with Crippen molar-refractivity contribution in [2.75, 3.05) is 25.6 Å². The Bertz CT molecular complexity index is 1390. The first-order chi connectivity index (χ1) is 17.4. The number of aromatic nitrogens is 1. The lowest BCUT2D eigenvalue weighted by molar-refractivity contribution is -0.688. The van der Waals surface area contributed by atoms with Crippen LogP contribution in [0.5, 0.6) is 17.2 Å². The second-order valence-corrected chi connectivity index (χ2v) is 9.92. The highest BCUT2D eigenvalue weighted by atomic mass is 32.2. The van der Waals surface area contributed by atoms with Crippen LogP contribution in [0.4, 0.5) is 5.69 Å². The lowest BCUT2D eigenvalue weighted by Crippen LogP contribution is -2.35. The Kier molecular flexibility index (Phi) is 7.75. The Morgan fingerprint density at radius 2 is 1.36 bits per heavy atom. The highest BCUT2D eigenvalue weighted by molar-refractivity contribution is 7.93. The fourth-order valence-electron chi connectivity index (χ4n) is 3.83. The van der Waals surface area contributed by atoms with Crippen LogP contribution in [0, 0.1) is 0 Å². The van der Waals surface area contributed by atoms with Crippen LogP contribution in [0.3, 0.4) is 0 Å². The van der Waals surface area contributed by atoms with Crippen LogP contribution in [0.2, 0.25) is 0 Å². The molecular formula is C28H29N2O5S+. The summed E-state index contributed by atoms with van der Waals surface area (Å²) in [5.74, 6) is 1.36. The van der Waals surface area contributed by atoms with Crippen molar-refractivity contribution in [3.63, 3.8) is 0 Å². The fraction of sp³-hybridized carbons (Fsp3) is 0.179. The zero-order chi connectivity index (χ0) is 25.5. The predicted octanol–water partition coefficient (Wildman–Crippen LogP) is 4.44. The maximum absolute atomic E-state index is 14.0. The molecule has 0 radical (unpaired) electrons. The summed E-state index contributed by atoms with van der Waals surface area (Å²) in [6.45, 7) is 0.797. The highest BCUT2D eigenvalue weighted by Gasteiger charge is 2.30. The van der Waals surface area contributed by atoms with E-state index in [1.165, 1.54) is 24.6 Å². The third-order valence-electron chi connectivity index (χ3n) is 5.79. The van der Waals surface area contributed by atoms with E-state index in [0.29, 0.717) is 23.7 Å². The average Bonchev–Trinajstić information content (AvgIpc) is 2.92. The Morgan fingerprint density at radius 1 is 0.722 bits per heavy atom. The molecule has 0 fully saturated rings. The minimum Gasteiger partial charge on any atom is -0.497 e. The van der Waals surface area contributed by atoms with Gasteiger partial charge < -0.3 is 14.2 Å². The first-order valence-electron chi connectivity index (χ1n) is 11.4. The average molecular weight is 506 g/mol. The number of methoxy groups -OCH3 is 3. The minimum atomic E-state index is -4.03. The molecule has 4 rings (SSSR count). The van der Waals surface area contributed by atoms with Crippen LogP contribution < -0.4 is 23.1 Å². The van der Waals surface area contributed by atoms with Crippen LogP contribution in [-0.4, -0.2) is 29.7 Å². The highest BCUT2D eigenvalue weighted by Crippen LogP contribution is 2.33. The van der Waals surface area contributed by atoms with Crippen molar-refractivity contribution in [2.45, 2.75) is 18.0 Å². The molecule has 0 amide bonds. The molecule has 0 spiro atoms. The quantitative estimate of drug-likeness (QED) is 0.298. The van der Waals surface area contributed by atoms with E-state index < -0.39 is 10.0 Å². The first kappa shape index (κ1) is 25.1. The number of benzene rings is 3. The number of ether oxygens (including phenoxy) is 3. The molecule has 0 bridgehead atoms. The molecule has 8 heteroatoms. The van der Waals surface area contributed by atoms with Crippen LogP contribution in [0.25, 0.3) is 0 Å². The molecule has 0 N–H and O–H groups in total. The van der Waals surface area contributed by atoms with E-state index in [-0.39, 0.29) is 17.2 Å². The molecule has 0 aliphatic carbocycles. The maximum atomic E-state index is 14.0. The van der Waals surface area contributed by atoms with Gasteiger partial charge in [0.2, 0.25) is 0 Å². The van der Waals surface area contributed by atoms with E-state index in [9.17, 15) is 8.42 Å². The van der Waals surface area contributed by atoms with Crippen LogP contribution >= 0.6 is 0 Å². The van der Waals surface area contributed by atoms with Crippen molar-refractivity contribution in [1.29, 1.82) is 0 Å². The van der Waals surface area contributed by atoms with Gasteiger partial charge in [-0.3, -0.25) is 4.31 Å². The molecule has 0 aliphatic heterocycles. The molecule has 0 saturated heterocycles. The normalized spacial score (nSPS) is 11.1. The topological polar surface area (TPSA) is 69.0 Å². The standard InChI is InChI=1S/C28H29N2O5S/c1-33-25-11-9-23(10-12-25)21-30(36(31,32)28-19-26(34-2)13-14-27(28)35-3)24-15-17-29(18-16-24)20-22-7-5-4-6-8-22/h4-19H,20-21H2,1-3H3/q+1. The van der Waals surface area contributed by atoms with E-state index in [2.05, 4.69) is 12.1 Å². The number of sulfonamides is 1. The smallest absolute Gasteiger partial charge is 0.268 e. The molecule has 0 aliphatic rings. The molecular weight excluding hydrogens is 476 g/mol. The molecule has 1 aromatic heterocycles. The monoisotopic (exact) mass is 505 g/mol. The predicted molar refractivity (Wildman–Crippen MR) is 138 cm³/mol. The van der Waals surface area contributed by atoms with Crippen molar-refractivity contribution in [3.05, 3.63) is 108 Å². The lowest BCUT2D eigenvalue weighted by Gasteiger charge is -2.25. The number of hydrogen-bond acceptors (Lipinski definition) is 5. The molecule has 7 nitrogen and oxygen atoms in total. The maximum Gasteiger partial charge on any atom is 0.268 e. The van der Waals surface area contributed by atoms with E-state index >= 15 is 0 Å². The molecule has 1 heterocycles. The summed E-state index contributed by atoms with van der Waals surface area (Å²) in [5.41, 5.74) is 2.49. The van der Waals surface area contributed by atoms with Gasteiger partial charge in [0.1, 0.15) is 22.1 Å². The van der Waals surface area contributed by atoms with E-state index in [0.717, 1.165) is 11.1 Å². The van der Waals surface area contributed by atoms with Gasteiger partial charge >= 0.3 is 0 Å². The van der Waals surface area contributed by atoms with Gasteiger partial charge in [-0.05, 0) is 29.8 Å². The van der Waals surface area contributed by atoms with Gasteiger partial charge in [-0.15, -0.1) is 0 Å². The summed E-state index contributed by atoms with van der Waals surface area (Å²) in [7, 11) is 0.510. The van der Waals surface area contributed by atoms with E-state index in [4.69, 9.17) is 14.2 Å². The van der Waals surface area contributed by atoms with Crippen molar-refractivity contribution >= 4 is 15.7 Å². The van der Waals surface area contributed by atoms with E-state index in [1.807, 2.05) is 59.4 Å². The second kappa shape index (κ2) is 11.1. The summed E-state index contributed by atoms with van der Waals surface area (Å²) in [6.07, 6.45) is 3.75. The summed E-state index contributed by atoms with van der Waals surface area (Å²) < 4.78 is 47.4. The molecule has 3 aromatic carbocycles. The van der Waals surface area contributed by atoms with Gasteiger partial charge in [-0.25, -0.2) is 13.0 Å². The van der Waals surface area contributed by atoms with Crippen LogP contribution in [-0.2, 0) is 23.1 Å². The first-order valence-corrected chi connectivity index (χ1v) is 12.8. The number of pyridine rings is 1. The van der Waals surface area contributed by atoms with Gasteiger partial charge in [0.05, 0.1) is 33.6 Å². The third kappa shape index (κ3) is 5.60. The molecule has 0 unspecified atom stereocenters. The van der Waals surface area contributed by atoms with Crippen molar-refractivity contribution in [2.24, 2.45) is 0 Å². The van der Waals surface area contributed by atoms with Gasteiger partial charge in [0.25, 0.3) is 10.0 Å². The van der Waals surface area contributed by atoms with Crippen molar-refractivity contribution in [3.8, 4) is 17.2 Å². The van der Waals surface area contributed by atoms with Gasteiger partial charge in [0, 0.05) is 23.8 Å². The van der Waals surface area contributed by atoms with Gasteiger partial charge in [0.15, 0.2) is 18.9 Å². The zero-order valence-electron chi connectivity index (χ0n) is 20.5. The second-order valence-electron chi connectivity index (χ2n) is 8.09. The molecule has 0 atom stereocenters. The lowest BCUT2D eigenvalue weighted by atomic mass is 10.2. The minimum absolute atomic E-state index is 0.0267. The van der Waals surface area contributed by atoms with Crippen molar-refractivity contribution < 1.29 is 27.2 Å². The van der Waals surface area contributed by atoms with Crippen LogP contribution in [0.1, 0.15) is 11.1 Å². The summed E-state index contributed by atoms with van der Waals surface area (Å²) in [4.78, 5) is 0.0267.